The van der Waals surface area contributed by atoms with Crippen LogP contribution in [0.15, 0.2) is 30.3 Å². The Morgan fingerprint density at radius 1 is 1.26 bits per heavy atom. The number of esters is 1. The summed E-state index contributed by atoms with van der Waals surface area (Å²) in [5, 5.41) is -0.374. The van der Waals surface area contributed by atoms with Crippen molar-refractivity contribution in [3.05, 3.63) is 35.9 Å². The maximum atomic E-state index is 12.0. The van der Waals surface area contributed by atoms with Gasteiger partial charge >= 0.3 is 5.97 Å². The van der Waals surface area contributed by atoms with Gasteiger partial charge in [0.1, 0.15) is 5.25 Å². The highest BCUT2D eigenvalue weighted by Crippen LogP contribution is 2.60. The standard InChI is InChI=1S/C12H17O4PS2/c1-4-16-12(13)11(10-8-6-5-7-9-10)18-19-17(14-2)15-3/h5-9,11H,4H2,1-3H3. The highest BCUT2D eigenvalue weighted by atomic mass is 33.3. The largest absolute Gasteiger partial charge is 0.465 e. The van der Waals surface area contributed by atoms with Gasteiger partial charge in [0.05, 0.1) is 6.61 Å². The number of rotatable bonds is 8. The Kier molecular flexibility index (Phi) is 8.50. The molecule has 1 aromatic carbocycles. The van der Waals surface area contributed by atoms with Crippen molar-refractivity contribution in [3.8, 4) is 0 Å². The topological polar surface area (TPSA) is 44.8 Å². The summed E-state index contributed by atoms with van der Waals surface area (Å²) < 4.78 is 15.4. The van der Waals surface area contributed by atoms with E-state index in [2.05, 4.69) is 0 Å². The van der Waals surface area contributed by atoms with E-state index in [1.54, 1.807) is 21.1 Å². The van der Waals surface area contributed by atoms with Gasteiger partial charge in [0.15, 0.2) is 0 Å². The van der Waals surface area contributed by atoms with Crippen LogP contribution in [0.5, 0.6) is 0 Å². The van der Waals surface area contributed by atoms with E-state index < -0.39 is 7.58 Å². The first kappa shape index (κ1) is 16.8. The van der Waals surface area contributed by atoms with Crippen molar-refractivity contribution in [3.63, 3.8) is 0 Å². The van der Waals surface area contributed by atoms with E-state index in [-0.39, 0.29) is 11.2 Å². The fourth-order valence-corrected chi connectivity index (χ4v) is 6.04. The molecule has 0 aliphatic heterocycles. The molecule has 0 saturated carbocycles. The molecule has 0 amide bonds. The molecule has 1 atom stereocenters. The highest BCUT2D eigenvalue weighted by molar-refractivity contribution is 8.97. The van der Waals surface area contributed by atoms with Crippen LogP contribution in [0, 0.1) is 0 Å². The Morgan fingerprint density at radius 3 is 2.42 bits per heavy atom. The summed E-state index contributed by atoms with van der Waals surface area (Å²) in [7, 11) is 4.95. The molecule has 106 valence electrons. The fraction of sp³-hybridized carbons (Fsp3) is 0.417. The molecule has 0 bridgehead atoms. The van der Waals surface area contributed by atoms with E-state index in [1.807, 2.05) is 30.3 Å². The molecule has 1 aromatic rings. The van der Waals surface area contributed by atoms with Crippen molar-refractivity contribution in [2.75, 3.05) is 20.8 Å². The molecule has 1 unspecified atom stereocenters. The van der Waals surface area contributed by atoms with Crippen LogP contribution >= 0.6 is 28.8 Å². The van der Waals surface area contributed by atoms with Crippen LogP contribution in [0.4, 0.5) is 0 Å². The van der Waals surface area contributed by atoms with Crippen LogP contribution in [-0.2, 0) is 18.6 Å². The molecular formula is C12H17O4PS2. The van der Waals surface area contributed by atoms with Gasteiger partial charge in [-0.15, -0.1) is 0 Å². The predicted molar refractivity (Wildman–Crippen MR) is 81.9 cm³/mol. The molecule has 4 nitrogen and oxygen atoms in total. The van der Waals surface area contributed by atoms with Crippen LogP contribution < -0.4 is 0 Å². The lowest BCUT2D eigenvalue weighted by atomic mass is 10.1. The van der Waals surface area contributed by atoms with Crippen molar-refractivity contribution in [1.82, 2.24) is 0 Å². The maximum Gasteiger partial charge on any atom is 0.324 e. The SMILES string of the molecule is CCOC(=O)C(SSP(OC)OC)c1ccccc1. The summed E-state index contributed by atoms with van der Waals surface area (Å²) in [5.41, 5.74) is 0.917. The molecule has 0 aliphatic carbocycles. The summed E-state index contributed by atoms with van der Waals surface area (Å²) in [6.07, 6.45) is 0. The second kappa shape index (κ2) is 9.61. The van der Waals surface area contributed by atoms with Gasteiger partial charge in [-0.25, -0.2) is 0 Å². The third kappa shape index (κ3) is 5.71. The number of ether oxygens (including phenoxy) is 1. The second-order valence-electron chi connectivity index (χ2n) is 3.30. The van der Waals surface area contributed by atoms with Gasteiger partial charge in [0.25, 0.3) is 0 Å². The first-order valence-electron chi connectivity index (χ1n) is 5.66. The van der Waals surface area contributed by atoms with Crippen molar-refractivity contribution in [2.24, 2.45) is 0 Å². The van der Waals surface area contributed by atoms with E-state index in [0.717, 1.165) is 5.56 Å². The Bertz CT molecular complexity index is 373. The summed E-state index contributed by atoms with van der Waals surface area (Å²) in [5.74, 6) is -0.242. The van der Waals surface area contributed by atoms with Gasteiger partial charge in [-0.1, -0.05) is 41.1 Å². The Balaban J connectivity index is 2.73. The van der Waals surface area contributed by atoms with Crippen LogP contribution in [0.1, 0.15) is 17.7 Å². The zero-order valence-electron chi connectivity index (χ0n) is 11.1. The minimum atomic E-state index is -1.04. The zero-order valence-corrected chi connectivity index (χ0v) is 13.6. The molecular weight excluding hydrogens is 303 g/mol. The Morgan fingerprint density at radius 2 is 1.89 bits per heavy atom. The summed E-state index contributed by atoms with van der Waals surface area (Å²) in [6, 6.07) is 9.55. The number of hydrogen-bond donors (Lipinski definition) is 0. The minimum Gasteiger partial charge on any atom is -0.465 e. The predicted octanol–water partition coefficient (Wildman–Crippen LogP) is 4.19. The minimum absolute atomic E-state index is 0.242. The molecule has 0 saturated heterocycles. The van der Waals surface area contributed by atoms with E-state index in [0.29, 0.717) is 6.61 Å². The van der Waals surface area contributed by atoms with E-state index in [9.17, 15) is 4.79 Å². The van der Waals surface area contributed by atoms with Crippen molar-refractivity contribution in [1.29, 1.82) is 0 Å². The van der Waals surface area contributed by atoms with Crippen molar-refractivity contribution in [2.45, 2.75) is 12.2 Å². The van der Waals surface area contributed by atoms with Gasteiger partial charge in [-0.05, 0) is 22.9 Å². The molecule has 0 aliphatic rings. The number of benzene rings is 1. The molecule has 0 fully saturated rings. The summed E-state index contributed by atoms with van der Waals surface area (Å²) in [4.78, 5) is 12.0. The quantitative estimate of drug-likeness (QED) is 0.406. The van der Waals surface area contributed by atoms with Crippen LogP contribution in [0.2, 0.25) is 0 Å². The molecule has 0 spiro atoms. The molecule has 0 heterocycles. The van der Waals surface area contributed by atoms with Crippen molar-refractivity contribution >= 4 is 34.8 Å². The fourth-order valence-electron chi connectivity index (χ4n) is 1.29. The molecule has 7 heteroatoms. The van der Waals surface area contributed by atoms with Crippen LogP contribution in [0.25, 0.3) is 0 Å². The van der Waals surface area contributed by atoms with Gasteiger partial charge in [0, 0.05) is 14.2 Å². The first-order valence-corrected chi connectivity index (χ1v) is 9.65. The van der Waals surface area contributed by atoms with Crippen LogP contribution in [0.3, 0.4) is 0 Å². The third-order valence-electron chi connectivity index (χ3n) is 2.10. The average Bonchev–Trinajstić information content (AvgIpc) is 2.45. The van der Waals surface area contributed by atoms with Crippen LogP contribution in [-0.4, -0.2) is 26.8 Å². The number of carbonyl (C=O) groups excluding carboxylic acids is 1. The normalized spacial score (nSPS) is 12.4. The van der Waals surface area contributed by atoms with Gasteiger partial charge in [0.2, 0.25) is 7.58 Å². The molecule has 19 heavy (non-hydrogen) atoms. The summed E-state index contributed by atoms with van der Waals surface area (Å²) in [6.45, 7) is 2.17. The average molecular weight is 320 g/mol. The maximum absolute atomic E-state index is 12.0. The lowest BCUT2D eigenvalue weighted by Gasteiger charge is -2.17. The number of carbonyl (C=O) groups is 1. The monoisotopic (exact) mass is 320 g/mol. The van der Waals surface area contributed by atoms with E-state index in [1.165, 1.54) is 21.2 Å². The highest BCUT2D eigenvalue weighted by Gasteiger charge is 2.25. The molecule has 0 aromatic heterocycles. The number of hydrogen-bond acceptors (Lipinski definition) is 6. The lowest BCUT2D eigenvalue weighted by molar-refractivity contribution is -0.142. The van der Waals surface area contributed by atoms with E-state index in [4.69, 9.17) is 13.8 Å². The van der Waals surface area contributed by atoms with E-state index >= 15 is 0 Å². The Labute approximate surface area is 122 Å². The van der Waals surface area contributed by atoms with Gasteiger partial charge in [-0.2, -0.15) is 0 Å². The molecule has 1 rings (SSSR count). The Hall–Kier alpha value is -0.260. The molecule has 0 radical (unpaired) electrons. The van der Waals surface area contributed by atoms with Gasteiger partial charge in [-0.3, -0.25) is 4.79 Å². The third-order valence-corrected chi connectivity index (χ3v) is 7.53. The molecule has 0 N–H and O–H groups in total. The summed E-state index contributed by atoms with van der Waals surface area (Å²) >= 11 is 0. The van der Waals surface area contributed by atoms with Gasteiger partial charge < -0.3 is 13.8 Å². The zero-order chi connectivity index (χ0) is 14.1. The van der Waals surface area contributed by atoms with Crippen molar-refractivity contribution < 1.29 is 18.6 Å². The smallest absolute Gasteiger partial charge is 0.324 e. The second-order valence-corrected chi connectivity index (χ2v) is 8.55. The lowest BCUT2D eigenvalue weighted by Crippen LogP contribution is -2.12. The first-order chi connectivity index (χ1) is 9.22.